The van der Waals surface area contributed by atoms with E-state index in [9.17, 15) is 43.2 Å². The Labute approximate surface area is 656 Å². The second-order valence-corrected chi connectivity index (χ2v) is 30.6. The first kappa shape index (κ1) is 103. The predicted octanol–water partition coefficient (Wildman–Crippen LogP) is 25.0. The number of phosphoric acid groups is 2. The van der Waals surface area contributed by atoms with Gasteiger partial charge in [0.2, 0.25) is 0 Å². The number of hydrogen-bond donors (Lipinski definition) is 3. The zero-order valence-corrected chi connectivity index (χ0v) is 69.5. The molecule has 0 spiro atoms. The van der Waals surface area contributed by atoms with Crippen LogP contribution in [0.25, 0.3) is 0 Å². The molecule has 108 heavy (non-hydrogen) atoms. The number of ether oxygens (including phenoxy) is 4. The largest absolute Gasteiger partial charge is 0.472 e. The normalized spacial score (nSPS) is 14.5. The summed E-state index contributed by atoms with van der Waals surface area (Å²) in [6.07, 6.45) is 92.7. The second kappa shape index (κ2) is 80.0. The van der Waals surface area contributed by atoms with E-state index in [1.165, 1.54) is 103 Å². The maximum atomic E-state index is 13.1. The van der Waals surface area contributed by atoms with Crippen molar-refractivity contribution in [2.45, 2.75) is 354 Å². The van der Waals surface area contributed by atoms with Crippen molar-refractivity contribution in [3.05, 3.63) is 146 Å². The van der Waals surface area contributed by atoms with Gasteiger partial charge in [0.15, 0.2) is 12.2 Å². The van der Waals surface area contributed by atoms with E-state index < -0.39 is 97.5 Å². The summed E-state index contributed by atoms with van der Waals surface area (Å²) in [6, 6.07) is 0. The van der Waals surface area contributed by atoms with Crippen LogP contribution in [0.1, 0.15) is 336 Å². The van der Waals surface area contributed by atoms with Gasteiger partial charge in [-0.1, -0.05) is 302 Å². The fraction of sp³-hybridized carbons (Fsp3) is 0.685. The highest BCUT2D eigenvalue weighted by atomic mass is 31.2. The van der Waals surface area contributed by atoms with E-state index in [1.807, 2.05) is 30.4 Å². The van der Waals surface area contributed by atoms with Crippen LogP contribution in [0.3, 0.4) is 0 Å². The molecule has 0 aliphatic rings. The molecule has 0 saturated heterocycles. The van der Waals surface area contributed by atoms with Crippen molar-refractivity contribution < 1.29 is 80.2 Å². The van der Waals surface area contributed by atoms with Gasteiger partial charge in [0.05, 0.1) is 26.4 Å². The molecular weight excluding hydrogens is 1400 g/mol. The molecule has 2 unspecified atom stereocenters. The highest BCUT2D eigenvalue weighted by Crippen LogP contribution is 2.45. The first-order valence-corrected chi connectivity index (χ1v) is 45.1. The lowest BCUT2D eigenvalue weighted by atomic mass is 10.1. The molecule has 0 rings (SSSR count). The monoisotopic (exact) mass is 1550 g/mol. The predicted molar refractivity (Wildman–Crippen MR) is 445 cm³/mol. The van der Waals surface area contributed by atoms with Gasteiger partial charge in [-0.15, -0.1) is 0 Å². The average Bonchev–Trinajstić information content (AvgIpc) is 0.914. The second-order valence-electron chi connectivity index (χ2n) is 27.7. The molecule has 0 aromatic carbocycles. The van der Waals surface area contributed by atoms with Gasteiger partial charge < -0.3 is 33.8 Å². The smallest absolute Gasteiger partial charge is 0.462 e. The fourth-order valence-electron chi connectivity index (χ4n) is 10.8. The summed E-state index contributed by atoms with van der Waals surface area (Å²) < 4.78 is 68.6. The van der Waals surface area contributed by atoms with Crippen LogP contribution in [0.5, 0.6) is 0 Å². The van der Waals surface area contributed by atoms with Gasteiger partial charge in [0.25, 0.3) is 0 Å². The minimum atomic E-state index is -5.01. The van der Waals surface area contributed by atoms with Gasteiger partial charge in [-0.05, 0) is 154 Å². The standard InChI is InChI=1S/C89H150O17P2/c1-5-9-13-17-21-25-29-33-37-39-41-43-47-50-54-58-62-66-70-74-87(92)100-80-84(105-88(93)75-71-67-63-59-55-51-46-36-32-28-24-20-16-12-8-4)81-103-107(95,96)101-77-83(90)78-102-108(97,98)104-82-85(79-99-86(91)73-69-65-61-57-53-49-45-35-31-27-23-19-15-11-7-3)106-89(94)76-72-68-64-60-56-52-48-44-42-40-38-34-30-26-22-18-14-10-6-2/h21-22,25-26,28,32-35,37-38,41-45,50,52,54,56,62,64,66,68,83-85,90H,5-20,23-24,27,29-31,36,39-40,46-49,51,53,55,57-61,63,65,67,69-82H2,1-4H3,(H,95,96)(H,97,98)/b25-21-,26-22-,32-28-,37-33-,38-34-,43-41-,44-42-,45-35-,54-50-,56-52-,66-62-,68-64-/t83-,84-,85-/m1/s1. The molecule has 17 nitrogen and oxygen atoms in total. The lowest BCUT2D eigenvalue weighted by Crippen LogP contribution is -2.30. The molecule has 0 saturated carbocycles. The minimum absolute atomic E-state index is 0.0325. The number of esters is 4. The maximum absolute atomic E-state index is 13.1. The first-order valence-electron chi connectivity index (χ1n) is 42.1. The van der Waals surface area contributed by atoms with E-state index in [4.69, 9.17) is 37.0 Å². The molecule has 5 atom stereocenters. The lowest BCUT2D eigenvalue weighted by molar-refractivity contribution is -0.161. The number of aliphatic hydroxyl groups is 1. The van der Waals surface area contributed by atoms with E-state index in [-0.39, 0.29) is 25.7 Å². The number of phosphoric ester groups is 2. The maximum Gasteiger partial charge on any atom is 0.472 e. The molecular formula is C89H150O17P2. The Morgan fingerprint density at radius 2 is 0.472 bits per heavy atom. The van der Waals surface area contributed by atoms with E-state index in [0.717, 1.165) is 141 Å². The van der Waals surface area contributed by atoms with Crippen molar-refractivity contribution in [3.8, 4) is 0 Å². The zero-order valence-electron chi connectivity index (χ0n) is 67.7. The molecule has 0 aromatic heterocycles. The summed E-state index contributed by atoms with van der Waals surface area (Å²) in [6.45, 7) is 4.64. The Hall–Kier alpha value is -5.06. The highest BCUT2D eigenvalue weighted by Gasteiger charge is 2.30. The Balaban J connectivity index is 5.51. The van der Waals surface area contributed by atoms with Gasteiger partial charge in [-0.2, -0.15) is 0 Å². The van der Waals surface area contributed by atoms with Crippen LogP contribution in [0, 0.1) is 0 Å². The van der Waals surface area contributed by atoms with Gasteiger partial charge in [-0.25, -0.2) is 9.13 Å². The van der Waals surface area contributed by atoms with Crippen molar-refractivity contribution in [1.82, 2.24) is 0 Å². The molecule has 0 radical (unpaired) electrons. The number of carbonyl (C=O) groups excluding carboxylic acids is 4. The third-order valence-corrected chi connectivity index (χ3v) is 19.2. The van der Waals surface area contributed by atoms with Crippen molar-refractivity contribution in [3.63, 3.8) is 0 Å². The Bertz CT molecular complexity index is 2610. The van der Waals surface area contributed by atoms with Gasteiger partial charge in [-0.3, -0.25) is 37.3 Å². The topological polar surface area (TPSA) is 237 Å². The van der Waals surface area contributed by atoms with Crippen molar-refractivity contribution in [1.29, 1.82) is 0 Å². The van der Waals surface area contributed by atoms with Gasteiger partial charge >= 0.3 is 39.5 Å². The summed E-state index contributed by atoms with van der Waals surface area (Å²) in [7, 11) is -10.0. The van der Waals surface area contributed by atoms with E-state index >= 15 is 0 Å². The van der Waals surface area contributed by atoms with Crippen molar-refractivity contribution >= 4 is 39.5 Å². The molecule has 3 N–H and O–H groups in total. The van der Waals surface area contributed by atoms with Gasteiger partial charge in [0.1, 0.15) is 19.3 Å². The quantitative estimate of drug-likeness (QED) is 0.0169. The van der Waals surface area contributed by atoms with Gasteiger partial charge in [0, 0.05) is 25.7 Å². The number of aliphatic hydroxyl groups excluding tert-OH is 1. The fourth-order valence-corrected chi connectivity index (χ4v) is 12.4. The highest BCUT2D eigenvalue weighted by molar-refractivity contribution is 7.47. The molecule has 0 aliphatic heterocycles. The summed E-state index contributed by atoms with van der Waals surface area (Å²) in [5, 5.41) is 10.7. The molecule has 618 valence electrons. The lowest BCUT2D eigenvalue weighted by Gasteiger charge is -2.21. The SMILES string of the molecule is CCCCC/C=C\C/C=C\C/C=C\C/C=C\C/C=C\CCC(=O)OC[C@H](COP(=O)(O)OC[C@@H](O)COP(=O)(O)OC[C@@H](COC(=O)CCCCCCC/C=C\CCCCCCCC)OC(=O)CC/C=C\C/C=C\C/C=C\C/C=C\C/C=C\CCCCC)OC(=O)CCCCCCCCC/C=C\CCCCCC. The third-order valence-electron chi connectivity index (χ3n) is 17.3. The molecule has 0 fully saturated rings. The Morgan fingerprint density at radius 1 is 0.259 bits per heavy atom. The van der Waals surface area contributed by atoms with E-state index in [2.05, 4.69) is 143 Å². The number of rotatable bonds is 78. The number of carbonyl (C=O) groups is 4. The van der Waals surface area contributed by atoms with E-state index in [1.54, 1.807) is 0 Å². The summed E-state index contributed by atoms with van der Waals surface area (Å²) in [5.41, 5.74) is 0. The van der Waals surface area contributed by atoms with Crippen LogP contribution in [0.15, 0.2) is 146 Å². The van der Waals surface area contributed by atoms with Crippen LogP contribution < -0.4 is 0 Å². The molecule has 0 bridgehead atoms. The van der Waals surface area contributed by atoms with Crippen molar-refractivity contribution in [2.75, 3.05) is 39.6 Å². The summed E-state index contributed by atoms with van der Waals surface area (Å²) >= 11 is 0. The van der Waals surface area contributed by atoms with Crippen LogP contribution in [-0.2, 0) is 65.4 Å². The molecule has 0 aromatic rings. The summed E-state index contributed by atoms with van der Waals surface area (Å²) in [5.74, 6) is -2.38. The zero-order chi connectivity index (χ0) is 78.9. The molecule has 0 aliphatic carbocycles. The van der Waals surface area contributed by atoms with Crippen molar-refractivity contribution in [2.24, 2.45) is 0 Å². The van der Waals surface area contributed by atoms with Crippen LogP contribution in [0.2, 0.25) is 0 Å². The van der Waals surface area contributed by atoms with Crippen LogP contribution in [0.4, 0.5) is 0 Å². The first-order chi connectivity index (χ1) is 52.7. The summed E-state index contributed by atoms with van der Waals surface area (Å²) in [4.78, 5) is 73.1. The number of allylic oxidation sites excluding steroid dienone is 24. The average molecular weight is 1550 g/mol. The van der Waals surface area contributed by atoms with Crippen LogP contribution in [-0.4, -0.2) is 96.7 Å². The number of unbranched alkanes of at least 4 members (excludes halogenated alkanes) is 28. The molecule has 19 heteroatoms. The number of hydrogen-bond acceptors (Lipinski definition) is 15. The third kappa shape index (κ3) is 79.0. The molecule has 0 heterocycles. The molecule has 0 amide bonds. The van der Waals surface area contributed by atoms with E-state index in [0.29, 0.717) is 38.5 Å². The minimum Gasteiger partial charge on any atom is -0.462 e. The van der Waals surface area contributed by atoms with Crippen LogP contribution >= 0.6 is 15.6 Å². The Morgan fingerprint density at radius 3 is 0.806 bits per heavy atom. The Kier molecular flexibility index (Phi) is 76.3.